The summed E-state index contributed by atoms with van der Waals surface area (Å²) in [5.41, 5.74) is 9.12. The summed E-state index contributed by atoms with van der Waals surface area (Å²) < 4.78 is 1.85. The Morgan fingerprint density at radius 1 is 1.36 bits per heavy atom. The van der Waals surface area contributed by atoms with Gasteiger partial charge in [-0.25, -0.2) is 0 Å². The molecule has 0 bridgehead atoms. The maximum atomic E-state index is 12.4. The van der Waals surface area contributed by atoms with Crippen molar-refractivity contribution in [2.75, 3.05) is 13.6 Å². The number of likely N-dealkylation sites (N-methyl/N-ethyl adjacent to an activating group) is 1. The van der Waals surface area contributed by atoms with Crippen molar-refractivity contribution in [2.24, 2.45) is 5.73 Å². The molecule has 1 aromatic heterocycles. The van der Waals surface area contributed by atoms with Gasteiger partial charge in [0.15, 0.2) is 0 Å². The van der Waals surface area contributed by atoms with Gasteiger partial charge < -0.3 is 16.0 Å². The molecule has 1 saturated heterocycles. The molecule has 0 aromatic carbocycles. The quantitative estimate of drug-likeness (QED) is 0.810. The van der Waals surface area contributed by atoms with E-state index in [1.165, 1.54) is 0 Å². The smallest absolute Gasteiger partial charge is 0.242 e. The molecule has 0 aliphatic carbocycles. The zero-order chi connectivity index (χ0) is 16.4. The van der Waals surface area contributed by atoms with Crippen LogP contribution >= 0.6 is 0 Å². The molecule has 1 aliphatic rings. The molecule has 122 valence electrons. The Morgan fingerprint density at radius 3 is 2.59 bits per heavy atom. The minimum atomic E-state index is -0.449. The summed E-state index contributed by atoms with van der Waals surface area (Å²) in [6.45, 7) is 6.94. The van der Waals surface area contributed by atoms with Crippen LogP contribution in [0, 0.1) is 20.8 Å². The Kier molecular flexibility index (Phi) is 4.85. The van der Waals surface area contributed by atoms with Crippen molar-refractivity contribution in [1.29, 1.82) is 0 Å². The number of carbonyl (C=O) groups is 2. The summed E-state index contributed by atoms with van der Waals surface area (Å²) in [7, 11) is 1.58. The van der Waals surface area contributed by atoms with Crippen LogP contribution < -0.4 is 11.1 Å². The minimum absolute atomic E-state index is 0.0493. The van der Waals surface area contributed by atoms with E-state index in [9.17, 15) is 9.59 Å². The molecule has 1 aliphatic heterocycles. The number of hydrogen-bond acceptors (Lipinski definition) is 4. The highest BCUT2D eigenvalue weighted by Gasteiger charge is 2.37. The van der Waals surface area contributed by atoms with Gasteiger partial charge in [-0.1, -0.05) is 0 Å². The summed E-state index contributed by atoms with van der Waals surface area (Å²) in [5.74, 6) is -0.199. The molecule has 2 amide bonds. The molecule has 1 aromatic rings. The summed E-state index contributed by atoms with van der Waals surface area (Å²) in [6, 6.07) is -0.586. The second-order valence-corrected chi connectivity index (χ2v) is 5.94. The summed E-state index contributed by atoms with van der Waals surface area (Å²) in [4.78, 5) is 25.9. The Labute approximate surface area is 130 Å². The van der Waals surface area contributed by atoms with Gasteiger partial charge >= 0.3 is 0 Å². The zero-order valence-electron chi connectivity index (χ0n) is 13.7. The first-order chi connectivity index (χ1) is 10.3. The summed E-state index contributed by atoms with van der Waals surface area (Å²) >= 11 is 0. The first-order valence-electron chi connectivity index (χ1n) is 7.62. The third-order valence-electron chi connectivity index (χ3n) is 4.48. The van der Waals surface area contributed by atoms with Crippen LogP contribution in [0.3, 0.4) is 0 Å². The van der Waals surface area contributed by atoms with Gasteiger partial charge in [0.1, 0.15) is 6.04 Å². The van der Waals surface area contributed by atoms with Crippen molar-refractivity contribution in [3.05, 3.63) is 17.0 Å². The van der Waals surface area contributed by atoms with Gasteiger partial charge in [0.2, 0.25) is 11.8 Å². The van der Waals surface area contributed by atoms with Crippen molar-refractivity contribution in [3.63, 3.8) is 0 Å². The fourth-order valence-corrected chi connectivity index (χ4v) is 2.91. The number of hydrogen-bond donors (Lipinski definition) is 2. The maximum Gasteiger partial charge on any atom is 0.242 e. The summed E-state index contributed by atoms with van der Waals surface area (Å²) in [6.07, 6.45) is 0.839. The number of carbonyl (C=O) groups excluding carboxylic acids is 2. The topological polar surface area (TPSA) is 93.3 Å². The molecule has 0 radical (unpaired) electrons. The molecule has 7 heteroatoms. The predicted molar refractivity (Wildman–Crippen MR) is 83.2 cm³/mol. The normalized spacial score (nSPS) is 21.2. The lowest BCUT2D eigenvalue weighted by Gasteiger charge is -2.23. The van der Waals surface area contributed by atoms with E-state index in [1.54, 1.807) is 11.9 Å². The van der Waals surface area contributed by atoms with Crippen LogP contribution in [0.4, 0.5) is 0 Å². The molecule has 2 rings (SSSR count). The molecule has 2 atom stereocenters. The van der Waals surface area contributed by atoms with Crippen molar-refractivity contribution >= 4 is 11.8 Å². The Balaban J connectivity index is 2.02. The Hall–Kier alpha value is -1.89. The van der Waals surface area contributed by atoms with Gasteiger partial charge in [-0.3, -0.25) is 14.3 Å². The van der Waals surface area contributed by atoms with E-state index in [0.717, 1.165) is 17.0 Å². The molecule has 0 saturated carbocycles. The van der Waals surface area contributed by atoms with Crippen LogP contribution in [-0.4, -0.2) is 52.2 Å². The van der Waals surface area contributed by atoms with Gasteiger partial charge in [0.25, 0.3) is 0 Å². The molecule has 2 heterocycles. The van der Waals surface area contributed by atoms with Crippen molar-refractivity contribution in [2.45, 2.75) is 52.2 Å². The second-order valence-electron chi connectivity index (χ2n) is 5.94. The van der Waals surface area contributed by atoms with Crippen LogP contribution in [0.1, 0.15) is 29.8 Å². The van der Waals surface area contributed by atoms with Crippen molar-refractivity contribution in [1.82, 2.24) is 20.0 Å². The van der Waals surface area contributed by atoms with E-state index in [1.807, 2.05) is 25.5 Å². The van der Waals surface area contributed by atoms with Crippen LogP contribution in [-0.2, 0) is 16.1 Å². The standard InChI is InChI=1S/C15H25N5O2/c1-9-10(2)18-20(11(9)3)6-5-14(21)19-8-12(16)7-13(19)15(22)17-4/h12-13H,5-8,16H2,1-4H3,(H,17,22)/t12-,13-/m0/s1. The lowest BCUT2D eigenvalue weighted by molar-refractivity contribution is -0.138. The van der Waals surface area contributed by atoms with Crippen LogP contribution in [0.2, 0.25) is 0 Å². The number of aromatic nitrogens is 2. The SMILES string of the molecule is CNC(=O)[C@@H]1C[C@H](N)CN1C(=O)CCn1nc(C)c(C)c1C. The fourth-order valence-electron chi connectivity index (χ4n) is 2.91. The van der Waals surface area contributed by atoms with E-state index in [4.69, 9.17) is 5.73 Å². The van der Waals surface area contributed by atoms with Crippen LogP contribution in [0.15, 0.2) is 0 Å². The Bertz CT molecular complexity index is 581. The van der Waals surface area contributed by atoms with Gasteiger partial charge in [-0.15, -0.1) is 0 Å². The first-order valence-corrected chi connectivity index (χ1v) is 7.62. The second kappa shape index (κ2) is 6.48. The fraction of sp³-hybridized carbons (Fsp3) is 0.667. The van der Waals surface area contributed by atoms with E-state index in [2.05, 4.69) is 10.4 Å². The third kappa shape index (κ3) is 3.14. The highest BCUT2D eigenvalue weighted by atomic mass is 16.2. The van der Waals surface area contributed by atoms with Crippen molar-refractivity contribution < 1.29 is 9.59 Å². The average Bonchev–Trinajstić information content (AvgIpc) is 3.00. The number of amides is 2. The van der Waals surface area contributed by atoms with Gasteiger partial charge in [-0.2, -0.15) is 5.10 Å². The molecule has 3 N–H and O–H groups in total. The van der Waals surface area contributed by atoms with Gasteiger partial charge in [0, 0.05) is 38.3 Å². The molecular formula is C15H25N5O2. The van der Waals surface area contributed by atoms with Crippen molar-refractivity contribution in [3.8, 4) is 0 Å². The Morgan fingerprint density at radius 2 is 2.05 bits per heavy atom. The largest absolute Gasteiger partial charge is 0.357 e. The van der Waals surface area contributed by atoms with Gasteiger partial charge in [0.05, 0.1) is 5.69 Å². The lowest BCUT2D eigenvalue weighted by atomic mass is 10.1. The van der Waals surface area contributed by atoms with E-state index in [-0.39, 0.29) is 17.9 Å². The molecule has 22 heavy (non-hydrogen) atoms. The van der Waals surface area contributed by atoms with E-state index >= 15 is 0 Å². The van der Waals surface area contributed by atoms with Crippen LogP contribution in [0.5, 0.6) is 0 Å². The molecule has 0 spiro atoms. The number of nitrogens with zero attached hydrogens (tertiary/aromatic N) is 3. The number of rotatable bonds is 4. The highest BCUT2D eigenvalue weighted by Crippen LogP contribution is 2.19. The summed E-state index contributed by atoms with van der Waals surface area (Å²) in [5, 5.41) is 7.04. The minimum Gasteiger partial charge on any atom is -0.357 e. The zero-order valence-corrected chi connectivity index (χ0v) is 13.7. The van der Waals surface area contributed by atoms with Gasteiger partial charge in [-0.05, 0) is 32.8 Å². The molecule has 1 fully saturated rings. The number of likely N-dealkylation sites (tertiary alicyclic amines) is 1. The monoisotopic (exact) mass is 307 g/mol. The third-order valence-corrected chi connectivity index (χ3v) is 4.48. The number of nitrogens with one attached hydrogen (secondary N) is 1. The van der Waals surface area contributed by atoms with E-state index in [0.29, 0.717) is 25.9 Å². The first kappa shape index (κ1) is 16.5. The molecular weight excluding hydrogens is 282 g/mol. The highest BCUT2D eigenvalue weighted by molar-refractivity contribution is 5.88. The average molecular weight is 307 g/mol. The lowest BCUT2D eigenvalue weighted by Crippen LogP contribution is -2.45. The molecule has 7 nitrogen and oxygen atoms in total. The van der Waals surface area contributed by atoms with E-state index < -0.39 is 6.04 Å². The van der Waals surface area contributed by atoms with Crippen LogP contribution in [0.25, 0.3) is 0 Å². The predicted octanol–water partition coefficient (Wildman–Crippen LogP) is -0.127. The number of aryl methyl sites for hydroxylation is 2. The molecule has 0 unspecified atom stereocenters. The maximum absolute atomic E-state index is 12.4. The number of nitrogens with two attached hydrogens (primary N) is 1.